The van der Waals surface area contributed by atoms with E-state index in [1.807, 2.05) is 0 Å². The lowest BCUT2D eigenvalue weighted by Crippen LogP contribution is -2.14. The van der Waals surface area contributed by atoms with Gasteiger partial charge in [0.1, 0.15) is 5.69 Å². The minimum Gasteiger partial charge on any atom is -0.351 e. The van der Waals surface area contributed by atoms with E-state index in [0.717, 1.165) is 0 Å². The van der Waals surface area contributed by atoms with Gasteiger partial charge in [-0.05, 0) is 30.7 Å². The molecule has 0 aliphatic rings. The molecule has 10 heteroatoms. The van der Waals surface area contributed by atoms with Crippen LogP contribution in [0.2, 0.25) is 5.02 Å². The minimum absolute atomic E-state index is 0.114. The fourth-order valence-electron chi connectivity index (χ4n) is 2.34. The van der Waals surface area contributed by atoms with E-state index in [1.54, 1.807) is 19.1 Å². The van der Waals surface area contributed by atoms with Gasteiger partial charge in [0.05, 0.1) is 15.6 Å². The summed E-state index contributed by atoms with van der Waals surface area (Å²) in [5.74, 6) is -1.27. The Hall–Kier alpha value is -2.52. The molecule has 0 spiro atoms. The second kappa shape index (κ2) is 6.90. The van der Waals surface area contributed by atoms with Gasteiger partial charge in [0.15, 0.2) is 0 Å². The summed E-state index contributed by atoms with van der Waals surface area (Å²) in [5.41, 5.74) is 0.624. The van der Waals surface area contributed by atoms with Crippen molar-refractivity contribution in [2.75, 3.05) is 4.72 Å². The van der Waals surface area contributed by atoms with Crippen molar-refractivity contribution in [1.29, 1.82) is 0 Å². The number of aryl methyl sites for hydroxylation is 1. The molecular weight excluding hydrogens is 405 g/mol. The SMILES string of the molecule is Cc1ccc(-c2cc(C(F)(F)F)on2)cc1S(=O)(=O)Nc1ccccc1Cl. The Morgan fingerprint density at radius 2 is 1.81 bits per heavy atom. The zero-order chi connectivity index (χ0) is 19.8. The third-order valence-electron chi connectivity index (χ3n) is 3.68. The van der Waals surface area contributed by atoms with E-state index in [-0.39, 0.29) is 26.9 Å². The lowest BCUT2D eigenvalue weighted by atomic mass is 10.1. The van der Waals surface area contributed by atoms with Crippen molar-refractivity contribution in [2.24, 2.45) is 0 Å². The standard InChI is InChI=1S/C17H12ClF3N2O3S/c1-10-6-7-11(14-9-16(26-22-14)17(19,20)21)8-15(10)27(24,25)23-13-5-3-2-4-12(13)18/h2-9,23H,1H3. The Labute approximate surface area is 157 Å². The molecule has 2 aromatic carbocycles. The smallest absolute Gasteiger partial charge is 0.351 e. The molecule has 3 aromatic rings. The van der Waals surface area contributed by atoms with Crippen LogP contribution in [-0.4, -0.2) is 13.6 Å². The zero-order valence-corrected chi connectivity index (χ0v) is 15.3. The molecule has 0 aliphatic carbocycles. The van der Waals surface area contributed by atoms with Crippen LogP contribution in [0, 0.1) is 6.92 Å². The van der Waals surface area contributed by atoms with Crippen LogP contribution in [0.3, 0.4) is 0 Å². The molecule has 0 saturated heterocycles. The number of benzene rings is 2. The topological polar surface area (TPSA) is 72.2 Å². The molecule has 0 saturated carbocycles. The number of sulfonamides is 1. The molecule has 0 atom stereocenters. The molecule has 0 unspecified atom stereocenters. The van der Waals surface area contributed by atoms with Crippen LogP contribution < -0.4 is 4.72 Å². The lowest BCUT2D eigenvalue weighted by molar-refractivity contribution is -0.155. The number of nitrogens with zero attached hydrogens (tertiary/aromatic N) is 1. The fourth-order valence-corrected chi connectivity index (χ4v) is 3.93. The highest BCUT2D eigenvalue weighted by Crippen LogP contribution is 2.33. The van der Waals surface area contributed by atoms with E-state index in [9.17, 15) is 21.6 Å². The molecule has 0 radical (unpaired) electrons. The molecule has 3 rings (SSSR count). The highest BCUT2D eigenvalue weighted by atomic mass is 35.5. The number of hydrogen-bond donors (Lipinski definition) is 1. The third-order valence-corrected chi connectivity index (χ3v) is 5.52. The van der Waals surface area contributed by atoms with Crippen LogP contribution in [0.4, 0.5) is 18.9 Å². The summed E-state index contributed by atoms with van der Waals surface area (Å²) in [7, 11) is -4.03. The number of halogens is 4. The predicted octanol–water partition coefficient (Wildman–Crippen LogP) is 5.12. The van der Waals surface area contributed by atoms with Crippen LogP contribution in [0.5, 0.6) is 0 Å². The first-order chi connectivity index (χ1) is 12.6. The van der Waals surface area contributed by atoms with Gasteiger partial charge in [0.2, 0.25) is 5.76 Å². The van der Waals surface area contributed by atoms with Crippen molar-refractivity contribution in [1.82, 2.24) is 5.16 Å². The maximum Gasteiger partial charge on any atom is 0.452 e. The molecule has 27 heavy (non-hydrogen) atoms. The fraction of sp³-hybridized carbons (Fsp3) is 0.118. The van der Waals surface area contributed by atoms with Crippen LogP contribution in [0.15, 0.2) is 57.9 Å². The molecule has 0 fully saturated rings. The van der Waals surface area contributed by atoms with E-state index >= 15 is 0 Å². The summed E-state index contributed by atoms with van der Waals surface area (Å²) in [4.78, 5) is -0.114. The van der Waals surface area contributed by atoms with E-state index < -0.39 is 22.0 Å². The molecule has 0 bridgehead atoms. The van der Waals surface area contributed by atoms with Gasteiger partial charge in [-0.2, -0.15) is 13.2 Å². The van der Waals surface area contributed by atoms with E-state index in [4.69, 9.17) is 11.6 Å². The monoisotopic (exact) mass is 416 g/mol. The molecule has 5 nitrogen and oxygen atoms in total. The summed E-state index contributed by atoms with van der Waals surface area (Å²) < 4.78 is 70.2. The summed E-state index contributed by atoms with van der Waals surface area (Å²) >= 11 is 5.97. The number of nitrogens with one attached hydrogen (secondary N) is 1. The van der Waals surface area contributed by atoms with Crippen molar-refractivity contribution in [3.05, 3.63) is 64.9 Å². The first kappa shape index (κ1) is 19.2. The Morgan fingerprint density at radius 3 is 2.44 bits per heavy atom. The molecule has 0 amide bonds. The molecule has 0 aliphatic heterocycles. The van der Waals surface area contributed by atoms with Gasteiger partial charge in [0.25, 0.3) is 10.0 Å². The van der Waals surface area contributed by atoms with Crippen molar-refractivity contribution in [2.45, 2.75) is 18.0 Å². The van der Waals surface area contributed by atoms with Gasteiger partial charge in [-0.3, -0.25) is 4.72 Å². The summed E-state index contributed by atoms with van der Waals surface area (Å²) in [5, 5.41) is 3.58. The Kier molecular flexibility index (Phi) is 4.92. The van der Waals surface area contributed by atoms with Crippen LogP contribution in [-0.2, 0) is 16.2 Å². The average molecular weight is 417 g/mol. The van der Waals surface area contributed by atoms with E-state index in [0.29, 0.717) is 11.6 Å². The quantitative estimate of drug-likeness (QED) is 0.640. The Morgan fingerprint density at radius 1 is 1.11 bits per heavy atom. The minimum atomic E-state index is -4.68. The number of para-hydroxylation sites is 1. The highest BCUT2D eigenvalue weighted by molar-refractivity contribution is 7.92. The van der Waals surface area contributed by atoms with Gasteiger partial charge >= 0.3 is 6.18 Å². The normalized spacial score (nSPS) is 12.2. The second-order valence-electron chi connectivity index (χ2n) is 5.64. The molecule has 142 valence electrons. The van der Waals surface area contributed by atoms with Gasteiger partial charge in [-0.25, -0.2) is 8.42 Å². The van der Waals surface area contributed by atoms with Crippen LogP contribution in [0.1, 0.15) is 11.3 Å². The summed E-state index contributed by atoms with van der Waals surface area (Å²) in [6, 6.07) is 11.1. The molecule has 1 heterocycles. The molecule has 1 N–H and O–H groups in total. The van der Waals surface area contributed by atoms with Crippen molar-refractivity contribution in [3.8, 4) is 11.3 Å². The number of aromatic nitrogens is 1. The average Bonchev–Trinajstić information content (AvgIpc) is 3.07. The first-order valence-electron chi connectivity index (χ1n) is 7.50. The summed E-state index contributed by atoms with van der Waals surface area (Å²) in [6.45, 7) is 1.56. The Balaban J connectivity index is 2.00. The van der Waals surface area contributed by atoms with Crippen molar-refractivity contribution < 1.29 is 26.1 Å². The number of hydrogen-bond acceptors (Lipinski definition) is 4. The number of anilines is 1. The largest absolute Gasteiger partial charge is 0.452 e. The molecular formula is C17H12ClF3N2O3S. The maximum atomic E-state index is 12.7. The number of rotatable bonds is 4. The second-order valence-corrected chi connectivity index (χ2v) is 7.70. The van der Waals surface area contributed by atoms with Crippen molar-refractivity contribution >= 4 is 27.3 Å². The van der Waals surface area contributed by atoms with Crippen LogP contribution >= 0.6 is 11.6 Å². The predicted molar refractivity (Wildman–Crippen MR) is 93.9 cm³/mol. The van der Waals surface area contributed by atoms with Crippen LogP contribution in [0.25, 0.3) is 11.3 Å². The maximum absolute atomic E-state index is 12.7. The van der Waals surface area contributed by atoms with E-state index in [2.05, 4.69) is 14.4 Å². The third kappa shape index (κ3) is 4.09. The zero-order valence-electron chi connectivity index (χ0n) is 13.7. The van der Waals surface area contributed by atoms with E-state index in [1.165, 1.54) is 30.3 Å². The lowest BCUT2D eigenvalue weighted by Gasteiger charge is -2.12. The van der Waals surface area contributed by atoms with Gasteiger partial charge in [0, 0.05) is 11.6 Å². The van der Waals surface area contributed by atoms with Crippen molar-refractivity contribution in [3.63, 3.8) is 0 Å². The Bertz CT molecular complexity index is 1090. The highest BCUT2D eigenvalue weighted by Gasteiger charge is 2.36. The van der Waals surface area contributed by atoms with Gasteiger partial charge in [-0.1, -0.05) is 41.0 Å². The summed E-state index contributed by atoms with van der Waals surface area (Å²) in [6.07, 6.45) is -4.68. The first-order valence-corrected chi connectivity index (χ1v) is 9.36. The molecule has 1 aromatic heterocycles. The number of alkyl halides is 3. The van der Waals surface area contributed by atoms with Gasteiger partial charge < -0.3 is 4.52 Å². The van der Waals surface area contributed by atoms with Gasteiger partial charge in [-0.15, -0.1) is 0 Å².